The first-order valence-corrected chi connectivity index (χ1v) is 7.00. The Balaban J connectivity index is 1.67. The molecule has 19 heavy (non-hydrogen) atoms. The van der Waals surface area contributed by atoms with Gasteiger partial charge in [-0.15, -0.1) is 0 Å². The maximum absolute atomic E-state index is 11.8. The molecule has 1 fully saturated rings. The first kappa shape index (κ1) is 14.0. The smallest absolute Gasteiger partial charge is 0.234 e. The van der Waals surface area contributed by atoms with E-state index in [9.17, 15) is 4.79 Å². The lowest BCUT2D eigenvalue weighted by atomic mass is 10.1. The molecular weight excluding hydrogens is 238 g/mol. The maximum Gasteiger partial charge on any atom is 0.234 e. The molecule has 4 heteroatoms. The number of rotatable bonds is 5. The Bertz CT molecular complexity index is 414. The zero-order valence-corrected chi connectivity index (χ0v) is 11.6. The van der Waals surface area contributed by atoms with Gasteiger partial charge in [-0.05, 0) is 24.5 Å². The molecule has 104 valence electrons. The second kappa shape index (κ2) is 7.26. The first-order valence-electron chi connectivity index (χ1n) is 7.00. The Kier molecular flexibility index (Phi) is 5.36. The number of hydrogen-bond donors (Lipinski definition) is 2. The molecule has 1 amide bonds. The molecule has 1 aromatic carbocycles. The Labute approximate surface area is 115 Å². The number of carbonyl (C=O) groups is 1. The Morgan fingerprint density at radius 1 is 1.32 bits per heavy atom. The molecule has 2 N–H and O–H groups in total. The largest absolute Gasteiger partial charge is 0.355 e. The molecule has 0 unspecified atom stereocenters. The molecule has 4 nitrogen and oxygen atoms in total. The van der Waals surface area contributed by atoms with E-state index in [4.69, 9.17) is 0 Å². The highest BCUT2D eigenvalue weighted by Gasteiger charge is 2.12. The van der Waals surface area contributed by atoms with E-state index in [-0.39, 0.29) is 5.91 Å². The molecule has 0 aromatic heterocycles. The Morgan fingerprint density at radius 3 is 2.79 bits per heavy atom. The fourth-order valence-electron chi connectivity index (χ4n) is 2.36. The minimum Gasteiger partial charge on any atom is -0.355 e. The van der Waals surface area contributed by atoms with Crippen LogP contribution in [0.15, 0.2) is 24.3 Å². The fourth-order valence-corrected chi connectivity index (χ4v) is 2.36. The molecule has 0 aliphatic carbocycles. The van der Waals surface area contributed by atoms with E-state index in [1.165, 1.54) is 11.1 Å². The van der Waals surface area contributed by atoms with E-state index in [0.717, 1.165) is 39.1 Å². The van der Waals surface area contributed by atoms with E-state index >= 15 is 0 Å². The standard InChI is InChI=1S/C15H23N3O/c1-13-4-2-3-5-14(13)6-7-17-15(19)12-18-10-8-16-9-11-18/h2-5,16H,6-12H2,1H3,(H,17,19). The minimum absolute atomic E-state index is 0.135. The van der Waals surface area contributed by atoms with Crippen LogP contribution in [-0.2, 0) is 11.2 Å². The Hall–Kier alpha value is -1.39. The molecule has 1 heterocycles. The van der Waals surface area contributed by atoms with Crippen molar-refractivity contribution < 1.29 is 4.79 Å². The van der Waals surface area contributed by atoms with Gasteiger partial charge in [-0.1, -0.05) is 24.3 Å². The van der Waals surface area contributed by atoms with Gasteiger partial charge in [-0.25, -0.2) is 0 Å². The lowest BCUT2D eigenvalue weighted by Gasteiger charge is -2.26. The van der Waals surface area contributed by atoms with Crippen LogP contribution in [0.5, 0.6) is 0 Å². The van der Waals surface area contributed by atoms with Gasteiger partial charge < -0.3 is 10.6 Å². The monoisotopic (exact) mass is 261 g/mol. The third-order valence-corrected chi connectivity index (χ3v) is 3.55. The van der Waals surface area contributed by atoms with Crippen LogP contribution in [0.3, 0.4) is 0 Å². The van der Waals surface area contributed by atoms with Crippen molar-refractivity contribution in [2.45, 2.75) is 13.3 Å². The number of amides is 1. The lowest BCUT2D eigenvalue weighted by molar-refractivity contribution is -0.122. The normalized spacial score (nSPS) is 16.3. The van der Waals surface area contributed by atoms with Gasteiger partial charge in [0.05, 0.1) is 6.54 Å². The molecule has 0 saturated carbocycles. The minimum atomic E-state index is 0.135. The second-order valence-corrected chi connectivity index (χ2v) is 5.05. The molecule has 2 rings (SSSR count). The van der Waals surface area contributed by atoms with Crippen LogP contribution in [-0.4, -0.2) is 50.1 Å². The molecular formula is C15H23N3O. The van der Waals surface area contributed by atoms with E-state index < -0.39 is 0 Å². The van der Waals surface area contributed by atoms with Gasteiger partial charge in [0.25, 0.3) is 0 Å². The summed E-state index contributed by atoms with van der Waals surface area (Å²) < 4.78 is 0. The number of aryl methyl sites for hydroxylation is 1. The molecule has 1 saturated heterocycles. The van der Waals surface area contributed by atoms with Gasteiger partial charge in [-0.3, -0.25) is 9.69 Å². The summed E-state index contributed by atoms with van der Waals surface area (Å²) in [6.07, 6.45) is 0.903. The average Bonchev–Trinajstić information content (AvgIpc) is 2.42. The highest BCUT2D eigenvalue weighted by molar-refractivity contribution is 5.78. The highest BCUT2D eigenvalue weighted by Crippen LogP contribution is 2.06. The third kappa shape index (κ3) is 4.65. The number of carbonyl (C=O) groups excluding carboxylic acids is 1. The van der Waals surface area contributed by atoms with Gasteiger partial charge >= 0.3 is 0 Å². The third-order valence-electron chi connectivity index (χ3n) is 3.55. The molecule has 0 spiro atoms. The molecule has 0 radical (unpaired) electrons. The summed E-state index contributed by atoms with van der Waals surface area (Å²) in [5.41, 5.74) is 2.60. The molecule has 0 bridgehead atoms. The van der Waals surface area contributed by atoms with Crippen LogP contribution in [0.4, 0.5) is 0 Å². The lowest BCUT2D eigenvalue weighted by Crippen LogP contribution is -2.47. The summed E-state index contributed by atoms with van der Waals surface area (Å²) in [5, 5.41) is 6.29. The Morgan fingerprint density at radius 2 is 2.05 bits per heavy atom. The van der Waals surface area contributed by atoms with Gasteiger partial charge in [0.1, 0.15) is 0 Å². The molecule has 1 aliphatic rings. The zero-order chi connectivity index (χ0) is 13.5. The second-order valence-electron chi connectivity index (χ2n) is 5.05. The number of benzene rings is 1. The summed E-state index contributed by atoms with van der Waals surface area (Å²) in [6, 6.07) is 8.32. The van der Waals surface area contributed by atoms with Crippen molar-refractivity contribution in [1.29, 1.82) is 0 Å². The zero-order valence-electron chi connectivity index (χ0n) is 11.6. The van der Waals surface area contributed by atoms with Gasteiger partial charge in [0.15, 0.2) is 0 Å². The van der Waals surface area contributed by atoms with Crippen LogP contribution in [0.2, 0.25) is 0 Å². The number of hydrogen-bond acceptors (Lipinski definition) is 3. The number of nitrogens with zero attached hydrogens (tertiary/aromatic N) is 1. The van der Waals surface area contributed by atoms with Gasteiger partial charge in [0, 0.05) is 32.7 Å². The summed E-state index contributed by atoms with van der Waals surface area (Å²) in [5.74, 6) is 0.135. The van der Waals surface area contributed by atoms with Gasteiger partial charge in [-0.2, -0.15) is 0 Å². The van der Waals surface area contributed by atoms with Crippen molar-refractivity contribution in [2.75, 3.05) is 39.3 Å². The van der Waals surface area contributed by atoms with E-state index in [1.807, 2.05) is 12.1 Å². The highest BCUT2D eigenvalue weighted by atomic mass is 16.2. The van der Waals surface area contributed by atoms with Crippen molar-refractivity contribution in [3.05, 3.63) is 35.4 Å². The number of nitrogens with one attached hydrogen (secondary N) is 2. The quantitative estimate of drug-likeness (QED) is 0.814. The van der Waals surface area contributed by atoms with E-state index in [1.54, 1.807) is 0 Å². The van der Waals surface area contributed by atoms with Crippen molar-refractivity contribution in [3.8, 4) is 0 Å². The summed E-state index contributed by atoms with van der Waals surface area (Å²) in [4.78, 5) is 14.0. The van der Waals surface area contributed by atoms with Crippen LogP contribution in [0.25, 0.3) is 0 Å². The fraction of sp³-hybridized carbons (Fsp3) is 0.533. The predicted molar refractivity (Wildman–Crippen MR) is 77.2 cm³/mol. The van der Waals surface area contributed by atoms with Crippen LogP contribution in [0, 0.1) is 6.92 Å². The van der Waals surface area contributed by atoms with Crippen LogP contribution in [0.1, 0.15) is 11.1 Å². The van der Waals surface area contributed by atoms with Crippen molar-refractivity contribution in [3.63, 3.8) is 0 Å². The molecule has 0 atom stereocenters. The summed E-state index contributed by atoms with van der Waals surface area (Å²) >= 11 is 0. The maximum atomic E-state index is 11.8. The molecule has 1 aromatic rings. The number of piperazine rings is 1. The summed E-state index contributed by atoms with van der Waals surface area (Å²) in [7, 11) is 0. The first-order chi connectivity index (χ1) is 9.25. The van der Waals surface area contributed by atoms with Crippen LogP contribution >= 0.6 is 0 Å². The SMILES string of the molecule is Cc1ccccc1CCNC(=O)CN1CCNCC1. The van der Waals surface area contributed by atoms with Crippen molar-refractivity contribution >= 4 is 5.91 Å². The summed E-state index contributed by atoms with van der Waals surface area (Å²) in [6.45, 7) is 7.24. The van der Waals surface area contributed by atoms with E-state index in [2.05, 4.69) is 34.6 Å². The predicted octanol–water partition coefficient (Wildman–Crippen LogP) is 0.559. The topological polar surface area (TPSA) is 44.4 Å². The van der Waals surface area contributed by atoms with Gasteiger partial charge in [0.2, 0.25) is 5.91 Å². The average molecular weight is 261 g/mol. The van der Waals surface area contributed by atoms with E-state index in [0.29, 0.717) is 6.54 Å². The molecule has 1 aliphatic heterocycles. The van der Waals surface area contributed by atoms with Crippen molar-refractivity contribution in [1.82, 2.24) is 15.5 Å². The van der Waals surface area contributed by atoms with Crippen LogP contribution < -0.4 is 10.6 Å². The van der Waals surface area contributed by atoms with Crippen molar-refractivity contribution in [2.24, 2.45) is 0 Å².